The Morgan fingerprint density at radius 3 is 2.35 bits per heavy atom. The summed E-state index contributed by atoms with van der Waals surface area (Å²) in [5, 5.41) is 16.1. The SMILES string of the molecule is [N-]=[N+]=NCc1ccccc1[C@H]1OC(c2ccc(OCCCO)cc2)=N[C@@]1(CCS(=O)(=O)c1ccccc1)C(=O)NC1Cc2ccccc2C1. The molecule has 1 heterocycles. The van der Waals surface area contributed by atoms with E-state index in [1.54, 1.807) is 66.7 Å². The summed E-state index contributed by atoms with van der Waals surface area (Å²) in [4.78, 5) is 22.9. The number of hydrogen-bond donors (Lipinski definition) is 2. The fourth-order valence-electron chi connectivity index (χ4n) is 6.40. The molecule has 6 rings (SSSR count). The molecule has 1 aliphatic heterocycles. The second-order valence-electron chi connectivity index (χ2n) is 12.1. The number of sulfone groups is 1. The van der Waals surface area contributed by atoms with Gasteiger partial charge in [-0.15, -0.1) is 0 Å². The van der Waals surface area contributed by atoms with Crippen molar-refractivity contribution < 1.29 is 27.8 Å². The molecule has 2 atom stereocenters. The maximum atomic E-state index is 14.8. The lowest BCUT2D eigenvalue weighted by atomic mass is 9.83. The van der Waals surface area contributed by atoms with E-state index < -0.39 is 27.4 Å². The molecule has 49 heavy (non-hydrogen) atoms. The molecule has 11 nitrogen and oxygen atoms in total. The van der Waals surface area contributed by atoms with Crippen LogP contribution in [0.25, 0.3) is 10.4 Å². The number of carbonyl (C=O) groups is 1. The van der Waals surface area contributed by atoms with E-state index in [4.69, 9.17) is 25.1 Å². The molecule has 252 valence electrons. The Bertz CT molecular complexity index is 1950. The minimum atomic E-state index is -3.82. The minimum absolute atomic E-state index is 0.000308. The summed E-state index contributed by atoms with van der Waals surface area (Å²) >= 11 is 0. The molecule has 0 aromatic heterocycles. The highest BCUT2D eigenvalue weighted by atomic mass is 32.2. The van der Waals surface area contributed by atoms with Crippen LogP contribution in [0.2, 0.25) is 0 Å². The van der Waals surface area contributed by atoms with E-state index in [9.17, 15) is 13.2 Å². The average Bonchev–Trinajstić information content (AvgIpc) is 3.73. The third-order valence-electron chi connectivity index (χ3n) is 8.91. The summed E-state index contributed by atoms with van der Waals surface area (Å²) in [5.41, 5.74) is 11.5. The quantitative estimate of drug-likeness (QED) is 0.0756. The van der Waals surface area contributed by atoms with Crippen molar-refractivity contribution in [2.45, 2.75) is 54.8 Å². The molecule has 0 spiro atoms. The first-order valence-corrected chi connectivity index (χ1v) is 17.8. The van der Waals surface area contributed by atoms with E-state index >= 15 is 0 Å². The number of rotatable bonds is 14. The summed E-state index contributed by atoms with van der Waals surface area (Å²) in [6.45, 7) is 0.365. The fourth-order valence-corrected chi connectivity index (χ4v) is 7.78. The second-order valence-corrected chi connectivity index (χ2v) is 14.2. The first-order valence-electron chi connectivity index (χ1n) is 16.2. The molecule has 0 radical (unpaired) electrons. The topological polar surface area (TPSA) is 163 Å². The summed E-state index contributed by atoms with van der Waals surface area (Å²) < 4.78 is 39.7. The van der Waals surface area contributed by atoms with Crippen molar-refractivity contribution in [2.75, 3.05) is 19.0 Å². The molecule has 0 bridgehead atoms. The zero-order valence-corrected chi connectivity index (χ0v) is 27.6. The van der Waals surface area contributed by atoms with Gasteiger partial charge >= 0.3 is 0 Å². The van der Waals surface area contributed by atoms with Gasteiger partial charge in [-0.05, 0) is 77.0 Å². The van der Waals surface area contributed by atoms with Crippen LogP contribution in [-0.2, 0) is 38.8 Å². The van der Waals surface area contributed by atoms with Gasteiger partial charge in [0.25, 0.3) is 5.91 Å². The molecular formula is C37H37N5O6S. The van der Waals surface area contributed by atoms with Crippen molar-refractivity contribution in [2.24, 2.45) is 10.1 Å². The van der Waals surface area contributed by atoms with Gasteiger partial charge in [-0.3, -0.25) is 4.79 Å². The van der Waals surface area contributed by atoms with Crippen LogP contribution in [0.3, 0.4) is 0 Å². The second kappa shape index (κ2) is 14.9. The van der Waals surface area contributed by atoms with Crippen molar-refractivity contribution >= 4 is 21.6 Å². The number of fused-ring (bicyclic) bond motifs is 1. The van der Waals surface area contributed by atoms with Gasteiger partial charge in [0.15, 0.2) is 21.5 Å². The number of nitrogens with one attached hydrogen (secondary N) is 1. The van der Waals surface area contributed by atoms with E-state index in [1.807, 2.05) is 24.3 Å². The van der Waals surface area contributed by atoms with Crippen molar-refractivity contribution in [3.63, 3.8) is 0 Å². The fraction of sp³-hybridized carbons (Fsp3) is 0.297. The Hall–Kier alpha value is -5.16. The number of hydrogen-bond acceptors (Lipinski definition) is 8. The van der Waals surface area contributed by atoms with E-state index in [2.05, 4.69) is 15.3 Å². The third kappa shape index (κ3) is 7.46. The molecule has 2 N–H and O–H groups in total. The van der Waals surface area contributed by atoms with Crippen LogP contribution < -0.4 is 10.1 Å². The lowest BCUT2D eigenvalue weighted by Crippen LogP contribution is -2.52. The standard InChI is InChI=1S/C37H37N5O6S/c38-42-39-25-29-11-6-7-14-33(29)34-37(19-22-49(45,46)32-12-2-1-3-13-32,36(44)40-30-23-27-9-4-5-10-28(27)24-30)41-35(48-34)26-15-17-31(18-16-26)47-21-8-20-43/h1-7,9-18,30,34,43H,8,19-25H2,(H,40,44)/t34-,37-/m1/s1. The van der Waals surface area contributed by atoms with Gasteiger partial charge in [0.1, 0.15) is 5.75 Å². The zero-order valence-electron chi connectivity index (χ0n) is 26.8. The first-order chi connectivity index (χ1) is 23.8. The van der Waals surface area contributed by atoms with Gasteiger partial charge in [-0.2, -0.15) is 0 Å². The molecular weight excluding hydrogens is 643 g/mol. The van der Waals surface area contributed by atoms with Crippen LogP contribution in [0.15, 0.2) is 118 Å². The molecule has 0 fully saturated rings. The highest BCUT2D eigenvalue weighted by Gasteiger charge is 2.54. The van der Waals surface area contributed by atoms with Gasteiger partial charge in [0.2, 0.25) is 5.90 Å². The Labute approximate surface area is 285 Å². The Morgan fingerprint density at radius 1 is 0.980 bits per heavy atom. The van der Waals surface area contributed by atoms with Gasteiger partial charge in [0, 0.05) is 36.0 Å². The number of azide groups is 1. The smallest absolute Gasteiger partial charge is 0.252 e. The summed E-state index contributed by atoms with van der Waals surface area (Å²) in [6, 6.07) is 30.2. The number of aliphatic hydroxyl groups excluding tert-OH is 1. The average molecular weight is 680 g/mol. The van der Waals surface area contributed by atoms with Gasteiger partial charge < -0.3 is 19.9 Å². The molecule has 0 unspecified atom stereocenters. The number of aliphatic hydroxyl groups is 1. The lowest BCUT2D eigenvalue weighted by Gasteiger charge is -2.32. The third-order valence-corrected chi connectivity index (χ3v) is 10.6. The molecule has 0 saturated carbocycles. The maximum Gasteiger partial charge on any atom is 0.252 e. The number of nitrogens with zero attached hydrogens (tertiary/aromatic N) is 4. The maximum absolute atomic E-state index is 14.8. The molecule has 4 aromatic rings. The predicted octanol–water partition coefficient (Wildman–Crippen LogP) is 5.66. The van der Waals surface area contributed by atoms with Crippen LogP contribution in [0.4, 0.5) is 0 Å². The van der Waals surface area contributed by atoms with Gasteiger partial charge in [0.05, 0.1) is 23.8 Å². The number of ether oxygens (including phenoxy) is 2. The summed E-state index contributed by atoms with van der Waals surface area (Å²) in [7, 11) is -3.82. The minimum Gasteiger partial charge on any atom is -0.494 e. The monoisotopic (exact) mass is 679 g/mol. The van der Waals surface area contributed by atoms with Gasteiger partial charge in [-0.1, -0.05) is 71.8 Å². The van der Waals surface area contributed by atoms with E-state index in [1.165, 1.54) is 12.1 Å². The first kappa shape index (κ1) is 33.7. The van der Waals surface area contributed by atoms with Crippen LogP contribution in [0.1, 0.15) is 46.8 Å². The summed E-state index contributed by atoms with van der Waals surface area (Å²) in [6.07, 6.45) is 0.538. The Balaban J connectivity index is 1.43. The molecule has 1 aliphatic carbocycles. The van der Waals surface area contributed by atoms with Crippen LogP contribution in [0, 0.1) is 0 Å². The van der Waals surface area contributed by atoms with Crippen LogP contribution in [0.5, 0.6) is 5.75 Å². The van der Waals surface area contributed by atoms with E-state index in [-0.39, 0.29) is 42.2 Å². The van der Waals surface area contributed by atoms with Crippen molar-refractivity contribution in [1.29, 1.82) is 0 Å². The zero-order chi connectivity index (χ0) is 34.3. The number of benzene rings is 4. The van der Waals surface area contributed by atoms with Gasteiger partial charge in [-0.25, -0.2) is 13.4 Å². The Kier molecular flexibility index (Phi) is 10.3. The van der Waals surface area contributed by atoms with Crippen molar-refractivity contribution in [3.8, 4) is 5.75 Å². The predicted molar refractivity (Wildman–Crippen MR) is 185 cm³/mol. The number of amides is 1. The highest BCUT2D eigenvalue weighted by Crippen LogP contribution is 2.44. The Morgan fingerprint density at radius 2 is 1.65 bits per heavy atom. The van der Waals surface area contributed by atoms with E-state index in [0.717, 1.165) is 11.1 Å². The normalized spacial score (nSPS) is 18.6. The van der Waals surface area contributed by atoms with Crippen molar-refractivity contribution in [1.82, 2.24) is 5.32 Å². The molecule has 4 aromatic carbocycles. The lowest BCUT2D eigenvalue weighted by molar-refractivity contribution is -0.129. The number of carbonyl (C=O) groups excluding carboxylic acids is 1. The summed E-state index contributed by atoms with van der Waals surface area (Å²) in [5.74, 6) is -0.0586. The molecule has 1 amide bonds. The van der Waals surface area contributed by atoms with Crippen LogP contribution in [-0.4, -0.2) is 55.9 Å². The largest absolute Gasteiger partial charge is 0.494 e. The number of aliphatic imine (C=N–C) groups is 1. The molecule has 12 heteroatoms. The molecule has 2 aliphatic rings. The highest BCUT2D eigenvalue weighted by molar-refractivity contribution is 7.91. The molecule has 0 saturated heterocycles. The van der Waals surface area contributed by atoms with Crippen LogP contribution >= 0.6 is 0 Å². The van der Waals surface area contributed by atoms with E-state index in [0.29, 0.717) is 48.3 Å². The van der Waals surface area contributed by atoms with Crippen molar-refractivity contribution in [3.05, 3.63) is 141 Å².